The Kier molecular flexibility index (Phi) is 8.03. The van der Waals surface area contributed by atoms with E-state index in [1.165, 1.54) is 7.11 Å². The molecule has 8 nitrogen and oxygen atoms in total. The number of carbonyl (C=O) groups is 3. The topological polar surface area (TPSA) is 123 Å². The van der Waals surface area contributed by atoms with E-state index in [1.54, 1.807) is 42.5 Å². The number of methoxy groups -OCH3 is 1. The molecule has 3 atom stereocenters. The van der Waals surface area contributed by atoms with Crippen molar-refractivity contribution in [3.05, 3.63) is 59.7 Å². The summed E-state index contributed by atoms with van der Waals surface area (Å²) in [6, 6.07) is 14.1. The van der Waals surface area contributed by atoms with Crippen molar-refractivity contribution in [2.24, 2.45) is 28.5 Å². The van der Waals surface area contributed by atoms with Gasteiger partial charge in [-0.15, -0.1) is 0 Å². The van der Waals surface area contributed by atoms with Crippen molar-refractivity contribution in [1.82, 2.24) is 5.32 Å². The lowest BCUT2D eigenvalue weighted by atomic mass is 9.83. The van der Waals surface area contributed by atoms with Gasteiger partial charge in [-0.1, -0.05) is 55.3 Å². The lowest BCUT2D eigenvalue weighted by Crippen LogP contribution is -2.48. The molecule has 1 aliphatic carbocycles. The molecule has 0 unspecified atom stereocenters. The summed E-state index contributed by atoms with van der Waals surface area (Å²) in [6.45, 7) is 0. The minimum atomic E-state index is -4.53. The van der Waals surface area contributed by atoms with Crippen molar-refractivity contribution >= 4 is 29.1 Å². The number of hydrogen-bond donors (Lipinski definition) is 3. The molecule has 0 saturated heterocycles. The summed E-state index contributed by atoms with van der Waals surface area (Å²) in [5, 5.41) is 5.21. The zero-order valence-corrected chi connectivity index (χ0v) is 20.8. The average molecular weight is 531 g/mol. The number of rotatable bonds is 10. The van der Waals surface area contributed by atoms with Crippen LogP contribution in [-0.4, -0.2) is 42.9 Å². The molecule has 202 valence electrons. The Balaban J connectivity index is 1.69. The van der Waals surface area contributed by atoms with Crippen molar-refractivity contribution in [1.29, 1.82) is 0 Å². The molecule has 0 radical (unpaired) electrons. The molecule has 0 spiro atoms. The molecular weight excluding hydrogens is 501 g/mol. The van der Waals surface area contributed by atoms with E-state index in [-0.39, 0.29) is 12.3 Å². The van der Waals surface area contributed by atoms with E-state index in [9.17, 15) is 27.6 Å². The van der Waals surface area contributed by atoms with E-state index in [4.69, 9.17) is 10.5 Å². The van der Waals surface area contributed by atoms with Crippen molar-refractivity contribution in [3.8, 4) is 5.75 Å². The van der Waals surface area contributed by atoms with Gasteiger partial charge in [-0.05, 0) is 24.8 Å². The summed E-state index contributed by atoms with van der Waals surface area (Å²) in [5.41, 5.74) is 7.45. The number of benzene rings is 2. The number of anilines is 1. The van der Waals surface area contributed by atoms with Crippen LogP contribution in [0.3, 0.4) is 0 Å². The van der Waals surface area contributed by atoms with E-state index in [1.807, 2.05) is 6.07 Å². The maximum Gasteiger partial charge on any atom is 0.389 e. The van der Waals surface area contributed by atoms with Crippen molar-refractivity contribution in [2.75, 3.05) is 12.4 Å². The van der Waals surface area contributed by atoms with Crippen molar-refractivity contribution in [2.45, 2.75) is 44.4 Å². The van der Waals surface area contributed by atoms with Gasteiger partial charge in [-0.3, -0.25) is 14.4 Å². The van der Waals surface area contributed by atoms with E-state index < -0.39 is 54.7 Å². The summed E-state index contributed by atoms with van der Waals surface area (Å²) < 4.78 is 44.7. The van der Waals surface area contributed by atoms with Crippen molar-refractivity contribution < 1.29 is 32.3 Å². The molecule has 1 heterocycles. The third-order valence-corrected chi connectivity index (χ3v) is 6.79. The third-order valence-electron chi connectivity index (χ3n) is 6.79. The minimum Gasteiger partial charge on any atom is -0.495 e. The van der Waals surface area contributed by atoms with Crippen molar-refractivity contribution in [3.63, 3.8) is 0 Å². The first-order chi connectivity index (χ1) is 18.1. The quantitative estimate of drug-likeness (QED) is 0.433. The van der Waals surface area contributed by atoms with E-state index >= 15 is 0 Å². The van der Waals surface area contributed by atoms with Crippen LogP contribution in [0.15, 0.2) is 53.5 Å². The third kappa shape index (κ3) is 6.51. The Labute approximate surface area is 217 Å². The summed E-state index contributed by atoms with van der Waals surface area (Å²) in [7, 11) is 1.44. The SMILES string of the molecule is COc1cccc2c1NC(=O)[C@@H](NC(=O)[C@H](CCC(F)(F)F)[C@H](CC1CC1)C(N)=O)N=C2c1ccccc1. The predicted octanol–water partition coefficient (Wildman–Crippen LogP) is 3.79. The van der Waals surface area contributed by atoms with Gasteiger partial charge in [0.05, 0.1) is 18.5 Å². The second-order valence-corrected chi connectivity index (χ2v) is 9.58. The number of nitrogens with zero attached hydrogens (tertiary/aromatic N) is 1. The highest BCUT2D eigenvalue weighted by Crippen LogP contribution is 2.39. The number of benzodiazepines with no additional fused rings is 1. The molecule has 4 N–H and O–H groups in total. The fraction of sp³-hybridized carbons (Fsp3) is 0.407. The summed E-state index contributed by atoms with van der Waals surface area (Å²) in [5.74, 6) is -4.37. The van der Waals surface area contributed by atoms with Crippen LogP contribution in [0.25, 0.3) is 0 Å². The van der Waals surface area contributed by atoms with Gasteiger partial charge < -0.3 is 21.1 Å². The van der Waals surface area contributed by atoms with Crippen LogP contribution < -0.4 is 21.1 Å². The molecule has 1 aliphatic heterocycles. The number of carbonyl (C=O) groups excluding carboxylic acids is 3. The number of aliphatic imine (C=N–C) groups is 1. The average Bonchev–Trinajstić information content (AvgIpc) is 3.71. The zero-order valence-electron chi connectivity index (χ0n) is 20.8. The van der Waals surface area contributed by atoms with Gasteiger partial charge in [-0.2, -0.15) is 13.2 Å². The molecular formula is C27H29F3N4O4. The van der Waals surface area contributed by atoms with Crippen LogP contribution in [0.4, 0.5) is 18.9 Å². The Hall–Kier alpha value is -3.89. The van der Waals surface area contributed by atoms with E-state index in [0.29, 0.717) is 28.3 Å². The molecule has 2 aromatic carbocycles. The Morgan fingerprint density at radius 3 is 2.45 bits per heavy atom. The van der Waals surface area contributed by atoms with Crippen LogP contribution in [0, 0.1) is 17.8 Å². The molecule has 38 heavy (non-hydrogen) atoms. The van der Waals surface area contributed by atoms with Gasteiger partial charge >= 0.3 is 6.18 Å². The fourth-order valence-electron chi connectivity index (χ4n) is 4.67. The number of alkyl halides is 3. The highest BCUT2D eigenvalue weighted by molar-refractivity contribution is 6.20. The van der Waals surface area contributed by atoms with Crippen LogP contribution in [-0.2, 0) is 14.4 Å². The normalized spacial score (nSPS) is 18.8. The lowest BCUT2D eigenvalue weighted by molar-refractivity contribution is -0.146. The maximum absolute atomic E-state index is 13.4. The number of amides is 3. The molecule has 4 rings (SSSR count). The zero-order chi connectivity index (χ0) is 27.4. The van der Waals surface area contributed by atoms with Crippen LogP contribution in [0.1, 0.15) is 43.2 Å². The smallest absolute Gasteiger partial charge is 0.389 e. The lowest BCUT2D eigenvalue weighted by Gasteiger charge is -2.26. The van der Waals surface area contributed by atoms with Gasteiger partial charge in [0.25, 0.3) is 5.91 Å². The fourth-order valence-corrected chi connectivity index (χ4v) is 4.67. The van der Waals surface area contributed by atoms with Crippen LogP contribution in [0.2, 0.25) is 0 Å². The first kappa shape index (κ1) is 27.2. The highest BCUT2D eigenvalue weighted by atomic mass is 19.4. The van der Waals surface area contributed by atoms with Crippen LogP contribution >= 0.6 is 0 Å². The standard InChI is InChI=1S/C27H29F3N4O4/c1-38-20-9-5-8-18-21(16-6-3-2-4-7-16)32-24(26(37)33-22(18)20)34-25(36)17(12-13-27(28,29)30)19(23(31)35)14-15-10-11-15/h2-9,15,17,19,24H,10-14H2,1H3,(H2,31,35)(H,33,37)(H,34,36)/t17-,19+,24-/m1/s1. The second-order valence-electron chi connectivity index (χ2n) is 9.58. The predicted molar refractivity (Wildman–Crippen MR) is 134 cm³/mol. The summed E-state index contributed by atoms with van der Waals surface area (Å²) >= 11 is 0. The monoisotopic (exact) mass is 530 g/mol. The molecule has 11 heteroatoms. The molecule has 0 bridgehead atoms. The molecule has 2 aromatic rings. The molecule has 1 fully saturated rings. The number of hydrogen-bond acceptors (Lipinski definition) is 5. The summed E-state index contributed by atoms with van der Waals surface area (Å²) in [4.78, 5) is 43.4. The van der Waals surface area contributed by atoms with Gasteiger partial charge in [-0.25, -0.2) is 4.99 Å². The minimum absolute atomic E-state index is 0.138. The van der Waals surface area contributed by atoms with Gasteiger partial charge in [0.2, 0.25) is 18.0 Å². The molecule has 2 aliphatic rings. The summed E-state index contributed by atoms with van der Waals surface area (Å²) in [6.07, 6.45) is -6.02. The Morgan fingerprint density at radius 1 is 1.13 bits per heavy atom. The van der Waals surface area contributed by atoms with Gasteiger partial charge in [0.1, 0.15) is 5.75 Å². The number of primary amides is 1. The van der Waals surface area contributed by atoms with Crippen LogP contribution in [0.5, 0.6) is 5.75 Å². The Morgan fingerprint density at radius 2 is 1.84 bits per heavy atom. The first-order valence-corrected chi connectivity index (χ1v) is 12.3. The van der Waals surface area contributed by atoms with E-state index in [2.05, 4.69) is 15.6 Å². The largest absolute Gasteiger partial charge is 0.495 e. The molecule has 3 amide bonds. The molecule has 1 saturated carbocycles. The van der Waals surface area contributed by atoms with Gasteiger partial charge in [0, 0.05) is 29.4 Å². The van der Waals surface area contributed by atoms with Gasteiger partial charge in [0.15, 0.2) is 0 Å². The Bertz CT molecular complexity index is 1230. The number of nitrogens with two attached hydrogens (primary N) is 1. The maximum atomic E-state index is 13.4. The highest BCUT2D eigenvalue weighted by Gasteiger charge is 2.41. The number of halogens is 3. The number of nitrogens with one attached hydrogen (secondary N) is 2. The molecule has 0 aromatic heterocycles. The number of para-hydroxylation sites is 1. The number of ether oxygens (including phenoxy) is 1. The second kappa shape index (κ2) is 11.2. The first-order valence-electron chi connectivity index (χ1n) is 12.3. The van der Waals surface area contributed by atoms with E-state index in [0.717, 1.165) is 12.8 Å². The number of fused-ring (bicyclic) bond motifs is 1.